The van der Waals surface area contributed by atoms with Crippen molar-refractivity contribution in [2.45, 2.75) is 6.54 Å². The maximum absolute atomic E-state index is 13.5. The molecule has 2 aromatic rings. The third-order valence-electron chi connectivity index (χ3n) is 2.31. The molecule has 1 aromatic carbocycles. The molecule has 2 rings (SSSR count). The average molecular weight is 343 g/mol. The summed E-state index contributed by atoms with van der Waals surface area (Å²) in [5.41, 5.74) is 0.636. The minimum absolute atomic E-state index is 0.204. The molecule has 0 atom stereocenters. The molecule has 17 heavy (non-hydrogen) atoms. The van der Waals surface area contributed by atoms with Crippen LogP contribution in [0, 0.1) is 9.39 Å². The first-order valence-electron chi connectivity index (χ1n) is 5.09. The summed E-state index contributed by atoms with van der Waals surface area (Å²) in [5.74, 6) is 0.388. The molecule has 5 heteroatoms. The standard InChI is InChI=1S/C12H11FIN3/c1-17(12-15-6-10(14)7-16-12)8-9-4-2-3-5-11(9)13/h2-7H,8H2,1H3. The van der Waals surface area contributed by atoms with Crippen molar-refractivity contribution in [3.05, 3.63) is 51.6 Å². The number of hydrogen-bond acceptors (Lipinski definition) is 3. The Morgan fingerprint density at radius 2 is 1.88 bits per heavy atom. The number of nitrogens with zero attached hydrogens (tertiary/aromatic N) is 3. The van der Waals surface area contributed by atoms with Gasteiger partial charge >= 0.3 is 0 Å². The molecule has 0 N–H and O–H groups in total. The molecule has 3 nitrogen and oxygen atoms in total. The molecule has 0 spiro atoms. The molecule has 0 aliphatic rings. The number of halogens is 2. The maximum Gasteiger partial charge on any atom is 0.225 e. The van der Waals surface area contributed by atoms with E-state index in [2.05, 4.69) is 32.6 Å². The first-order chi connectivity index (χ1) is 8.16. The highest BCUT2D eigenvalue weighted by atomic mass is 127. The van der Waals surface area contributed by atoms with E-state index in [0.29, 0.717) is 18.1 Å². The SMILES string of the molecule is CN(Cc1ccccc1F)c1ncc(I)cn1. The monoisotopic (exact) mass is 343 g/mol. The first kappa shape index (κ1) is 12.2. The fourth-order valence-corrected chi connectivity index (χ4v) is 1.73. The lowest BCUT2D eigenvalue weighted by atomic mass is 10.2. The lowest BCUT2D eigenvalue weighted by Gasteiger charge is -2.17. The average Bonchev–Trinajstić information content (AvgIpc) is 2.33. The molecule has 0 saturated heterocycles. The third kappa shape index (κ3) is 3.12. The van der Waals surface area contributed by atoms with Gasteiger partial charge in [-0.1, -0.05) is 18.2 Å². The number of rotatable bonds is 3. The second-order valence-corrected chi connectivity index (χ2v) is 4.89. The lowest BCUT2D eigenvalue weighted by molar-refractivity contribution is 0.607. The minimum atomic E-state index is -0.204. The van der Waals surface area contributed by atoms with Crippen LogP contribution < -0.4 is 4.90 Å². The van der Waals surface area contributed by atoms with Gasteiger partial charge < -0.3 is 4.90 Å². The van der Waals surface area contributed by atoms with Crippen LogP contribution in [-0.2, 0) is 6.54 Å². The van der Waals surface area contributed by atoms with E-state index in [1.54, 1.807) is 24.5 Å². The van der Waals surface area contributed by atoms with Crippen LogP contribution >= 0.6 is 22.6 Å². The summed E-state index contributed by atoms with van der Waals surface area (Å²) in [4.78, 5) is 10.2. The van der Waals surface area contributed by atoms with Crippen LogP contribution in [0.4, 0.5) is 10.3 Å². The van der Waals surface area contributed by atoms with Crippen LogP contribution in [0.5, 0.6) is 0 Å². The molecule has 88 valence electrons. The van der Waals surface area contributed by atoms with Gasteiger partial charge in [-0.15, -0.1) is 0 Å². The smallest absolute Gasteiger partial charge is 0.225 e. The Kier molecular flexibility index (Phi) is 3.88. The van der Waals surface area contributed by atoms with E-state index in [9.17, 15) is 4.39 Å². The normalized spacial score (nSPS) is 10.3. The second-order valence-electron chi connectivity index (χ2n) is 3.65. The molecule has 0 aliphatic carbocycles. The van der Waals surface area contributed by atoms with Crippen molar-refractivity contribution in [1.82, 2.24) is 9.97 Å². The summed E-state index contributed by atoms with van der Waals surface area (Å²) in [6.45, 7) is 0.452. The van der Waals surface area contributed by atoms with E-state index in [0.717, 1.165) is 3.57 Å². The summed E-state index contributed by atoms with van der Waals surface area (Å²) in [6.07, 6.45) is 3.47. The van der Waals surface area contributed by atoms with E-state index < -0.39 is 0 Å². The van der Waals surface area contributed by atoms with Gasteiger partial charge in [0.05, 0.1) is 0 Å². The lowest BCUT2D eigenvalue weighted by Crippen LogP contribution is -2.19. The topological polar surface area (TPSA) is 29.0 Å². The Bertz CT molecular complexity index is 501. The van der Waals surface area contributed by atoms with Crippen LogP contribution in [0.25, 0.3) is 0 Å². The van der Waals surface area contributed by atoms with Gasteiger partial charge in [-0.05, 0) is 28.7 Å². The third-order valence-corrected chi connectivity index (χ3v) is 2.87. The molecule has 0 radical (unpaired) electrons. The maximum atomic E-state index is 13.5. The Labute approximate surface area is 113 Å². The van der Waals surface area contributed by atoms with Crippen molar-refractivity contribution in [2.75, 3.05) is 11.9 Å². The predicted molar refractivity (Wildman–Crippen MR) is 73.3 cm³/mol. The Morgan fingerprint density at radius 1 is 1.24 bits per heavy atom. The molecule has 0 saturated carbocycles. The van der Waals surface area contributed by atoms with E-state index in [1.807, 2.05) is 18.0 Å². The van der Waals surface area contributed by atoms with Crippen molar-refractivity contribution in [2.24, 2.45) is 0 Å². The zero-order valence-electron chi connectivity index (χ0n) is 9.27. The summed E-state index contributed by atoms with van der Waals surface area (Å²) >= 11 is 2.15. The summed E-state index contributed by atoms with van der Waals surface area (Å²) in [5, 5.41) is 0. The van der Waals surface area contributed by atoms with Gasteiger partial charge in [0, 0.05) is 35.1 Å². The highest BCUT2D eigenvalue weighted by molar-refractivity contribution is 14.1. The molecule has 0 amide bonds. The molecule has 0 aliphatic heterocycles. The van der Waals surface area contributed by atoms with E-state index in [1.165, 1.54) is 6.07 Å². The Morgan fingerprint density at radius 3 is 2.53 bits per heavy atom. The quantitative estimate of drug-likeness (QED) is 0.803. The number of aromatic nitrogens is 2. The summed E-state index contributed by atoms with van der Waals surface area (Å²) in [7, 11) is 1.84. The summed E-state index contributed by atoms with van der Waals surface area (Å²) < 4.78 is 14.4. The number of anilines is 1. The van der Waals surface area contributed by atoms with Crippen LogP contribution in [-0.4, -0.2) is 17.0 Å². The molecule has 1 heterocycles. The van der Waals surface area contributed by atoms with Crippen molar-refractivity contribution < 1.29 is 4.39 Å². The van der Waals surface area contributed by atoms with Crippen molar-refractivity contribution in [3.63, 3.8) is 0 Å². The second kappa shape index (κ2) is 5.39. The first-order valence-corrected chi connectivity index (χ1v) is 6.17. The largest absolute Gasteiger partial charge is 0.339 e. The molecule has 0 fully saturated rings. The Hall–Kier alpha value is -1.24. The molecular formula is C12H11FIN3. The van der Waals surface area contributed by atoms with Crippen LogP contribution in [0.15, 0.2) is 36.7 Å². The number of hydrogen-bond donors (Lipinski definition) is 0. The van der Waals surface area contributed by atoms with Gasteiger partial charge in [-0.3, -0.25) is 0 Å². The van der Waals surface area contributed by atoms with Gasteiger partial charge in [0.15, 0.2) is 0 Å². The molecule has 0 bridgehead atoms. The van der Waals surface area contributed by atoms with Gasteiger partial charge in [-0.25, -0.2) is 14.4 Å². The van der Waals surface area contributed by atoms with Crippen molar-refractivity contribution in [1.29, 1.82) is 0 Å². The Balaban J connectivity index is 2.14. The van der Waals surface area contributed by atoms with Gasteiger partial charge in [0.25, 0.3) is 0 Å². The van der Waals surface area contributed by atoms with Crippen LogP contribution in [0.2, 0.25) is 0 Å². The highest BCUT2D eigenvalue weighted by Crippen LogP contribution is 2.13. The van der Waals surface area contributed by atoms with Crippen LogP contribution in [0.1, 0.15) is 5.56 Å². The van der Waals surface area contributed by atoms with Gasteiger partial charge in [0.1, 0.15) is 5.82 Å². The fraction of sp³-hybridized carbons (Fsp3) is 0.167. The predicted octanol–water partition coefficient (Wildman–Crippen LogP) is 2.86. The molecule has 1 aromatic heterocycles. The fourth-order valence-electron chi connectivity index (χ4n) is 1.46. The highest BCUT2D eigenvalue weighted by Gasteiger charge is 2.07. The molecular weight excluding hydrogens is 332 g/mol. The zero-order chi connectivity index (χ0) is 12.3. The van der Waals surface area contributed by atoms with E-state index in [4.69, 9.17) is 0 Å². The van der Waals surface area contributed by atoms with E-state index in [-0.39, 0.29) is 5.82 Å². The molecule has 0 unspecified atom stereocenters. The van der Waals surface area contributed by atoms with Gasteiger partial charge in [0.2, 0.25) is 5.95 Å². The zero-order valence-corrected chi connectivity index (χ0v) is 11.4. The minimum Gasteiger partial charge on any atom is -0.339 e. The van der Waals surface area contributed by atoms with Crippen molar-refractivity contribution in [3.8, 4) is 0 Å². The number of benzene rings is 1. The summed E-state index contributed by atoms with van der Waals surface area (Å²) in [6, 6.07) is 6.72. The van der Waals surface area contributed by atoms with Gasteiger partial charge in [-0.2, -0.15) is 0 Å². The van der Waals surface area contributed by atoms with Crippen molar-refractivity contribution >= 4 is 28.5 Å². The van der Waals surface area contributed by atoms with Crippen LogP contribution in [0.3, 0.4) is 0 Å². The van der Waals surface area contributed by atoms with E-state index >= 15 is 0 Å².